The zero-order valence-electron chi connectivity index (χ0n) is 14.2. The first kappa shape index (κ1) is 19.7. The van der Waals surface area contributed by atoms with Crippen LogP contribution in [0.25, 0.3) is 0 Å². The Morgan fingerprint density at radius 3 is 2.39 bits per heavy atom. The van der Waals surface area contributed by atoms with Crippen molar-refractivity contribution in [2.45, 2.75) is 4.90 Å². The van der Waals surface area contributed by atoms with Crippen molar-refractivity contribution in [3.05, 3.63) is 83.1 Å². The first-order valence-corrected chi connectivity index (χ1v) is 9.79. The second kappa shape index (κ2) is 7.87. The molecule has 1 amide bonds. The van der Waals surface area contributed by atoms with Crippen molar-refractivity contribution >= 4 is 38.9 Å². The van der Waals surface area contributed by atoms with Gasteiger partial charge in [0.25, 0.3) is 15.9 Å². The Labute approximate surface area is 165 Å². The van der Waals surface area contributed by atoms with Gasteiger partial charge in [0.2, 0.25) is 0 Å². The van der Waals surface area contributed by atoms with Crippen LogP contribution in [0.5, 0.6) is 5.75 Å². The van der Waals surface area contributed by atoms with Crippen molar-refractivity contribution in [1.29, 1.82) is 0 Å². The molecule has 0 fully saturated rings. The number of aromatic hydroxyl groups is 1. The van der Waals surface area contributed by atoms with Crippen LogP contribution in [0.4, 0.5) is 15.8 Å². The first-order valence-electron chi connectivity index (χ1n) is 7.93. The molecular weight excluding hydrogens is 407 g/mol. The number of benzene rings is 3. The minimum atomic E-state index is -4.03. The van der Waals surface area contributed by atoms with Gasteiger partial charge in [0.05, 0.1) is 15.6 Å². The molecule has 0 spiro atoms. The van der Waals surface area contributed by atoms with E-state index in [-0.39, 0.29) is 26.9 Å². The summed E-state index contributed by atoms with van der Waals surface area (Å²) in [5, 5.41) is 12.1. The summed E-state index contributed by atoms with van der Waals surface area (Å²) < 4.78 is 40.2. The molecular formula is C19H14ClFN2O4S. The maximum Gasteiger partial charge on any atom is 0.261 e. The molecule has 0 bridgehead atoms. The number of phenolic OH excluding ortho intramolecular Hbond substituents is 1. The van der Waals surface area contributed by atoms with Gasteiger partial charge in [0.1, 0.15) is 11.6 Å². The van der Waals surface area contributed by atoms with Gasteiger partial charge in [-0.15, -0.1) is 0 Å². The second-order valence-corrected chi connectivity index (χ2v) is 7.85. The smallest absolute Gasteiger partial charge is 0.261 e. The van der Waals surface area contributed by atoms with E-state index in [0.29, 0.717) is 5.69 Å². The van der Waals surface area contributed by atoms with Gasteiger partial charge < -0.3 is 10.4 Å². The van der Waals surface area contributed by atoms with Crippen LogP contribution in [0, 0.1) is 5.82 Å². The van der Waals surface area contributed by atoms with Crippen LogP contribution in [-0.2, 0) is 10.0 Å². The van der Waals surface area contributed by atoms with E-state index in [1.165, 1.54) is 30.3 Å². The number of halogens is 2. The Bertz CT molecular complexity index is 1130. The lowest BCUT2D eigenvalue weighted by Gasteiger charge is -2.12. The average molecular weight is 421 g/mol. The quantitative estimate of drug-likeness (QED) is 0.575. The molecule has 6 nitrogen and oxygen atoms in total. The number of anilines is 2. The number of phenols is 1. The predicted octanol–water partition coefficient (Wildman–Crippen LogP) is 4.24. The highest BCUT2D eigenvalue weighted by Gasteiger charge is 2.17. The monoisotopic (exact) mass is 420 g/mol. The van der Waals surface area contributed by atoms with Crippen LogP contribution in [-0.4, -0.2) is 19.4 Å². The van der Waals surface area contributed by atoms with Gasteiger partial charge in [-0.2, -0.15) is 0 Å². The Morgan fingerprint density at radius 2 is 1.71 bits per heavy atom. The molecule has 0 aliphatic rings. The molecule has 0 saturated carbocycles. The molecule has 0 atom stereocenters. The molecule has 0 unspecified atom stereocenters. The molecule has 3 aromatic carbocycles. The lowest BCUT2D eigenvalue weighted by molar-refractivity contribution is 0.102. The molecule has 3 aromatic rings. The Kier molecular flexibility index (Phi) is 5.53. The molecule has 0 aliphatic heterocycles. The molecule has 9 heteroatoms. The van der Waals surface area contributed by atoms with E-state index in [1.54, 1.807) is 12.1 Å². The summed E-state index contributed by atoms with van der Waals surface area (Å²) in [6, 6.07) is 14.3. The summed E-state index contributed by atoms with van der Waals surface area (Å²) in [7, 11) is -4.03. The van der Waals surface area contributed by atoms with Crippen LogP contribution < -0.4 is 10.0 Å². The third kappa shape index (κ3) is 4.59. The zero-order chi connectivity index (χ0) is 20.3. The molecule has 0 saturated heterocycles. The first-order chi connectivity index (χ1) is 13.2. The summed E-state index contributed by atoms with van der Waals surface area (Å²) in [6.07, 6.45) is 0. The summed E-state index contributed by atoms with van der Waals surface area (Å²) >= 11 is 6.05. The number of hydrogen-bond acceptors (Lipinski definition) is 4. The third-order valence-corrected chi connectivity index (χ3v) is 5.41. The highest BCUT2D eigenvalue weighted by Crippen LogP contribution is 2.27. The molecule has 28 heavy (non-hydrogen) atoms. The number of carbonyl (C=O) groups excluding carboxylic acids is 1. The summed E-state index contributed by atoms with van der Waals surface area (Å²) in [5.74, 6) is -1.10. The number of amides is 1. The fraction of sp³-hybridized carbons (Fsp3) is 0. The Balaban J connectivity index is 1.85. The van der Waals surface area contributed by atoms with E-state index < -0.39 is 21.7 Å². The van der Waals surface area contributed by atoms with E-state index in [0.717, 1.165) is 24.3 Å². The van der Waals surface area contributed by atoms with Crippen molar-refractivity contribution in [3.8, 4) is 5.75 Å². The number of nitrogens with one attached hydrogen (secondary N) is 2. The number of sulfonamides is 1. The van der Waals surface area contributed by atoms with E-state index in [9.17, 15) is 22.7 Å². The maximum absolute atomic E-state index is 13.0. The second-order valence-electron chi connectivity index (χ2n) is 5.76. The lowest BCUT2D eigenvalue weighted by atomic mass is 10.2. The highest BCUT2D eigenvalue weighted by molar-refractivity contribution is 7.92. The Morgan fingerprint density at radius 1 is 1.00 bits per heavy atom. The molecule has 0 radical (unpaired) electrons. The lowest BCUT2D eigenvalue weighted by Crippen LogP contribution is -2.15. The maximum atomic E-state index is 13.0. The van der Waals surface area contributed by atoms with Gasteiger partial charge in [0, 0.05) is 17.3 Å². The van der Waals surface area contributed by atoms with E-state index in [4.69, 9.17) is 11.6 Å². The molecule has 0 heterocycles. The largest absolute Gasteiger partial charge is 0.508 e. The van der Waals surface area contributed by atoms with Crippen molar-refractivity contribution in [2.75, 3.05) is 10.0 Å². The number of rotatable bonds is 5. The fourth-order valence-corrected chi connectivity index (χ4v) is 3.64. The van der Waals surface area contributed by atoms with E-state index in [1.807, 2.05) is 0 Å². The number of hydrogen-bond donors (Lipinski definition) is 3. The van der Waals surface area contributed by atoms with Crippen LogP contribution in [0.15, 0.2) is 71.6 Å². The molecule has 0 aromatic heterocycles. The molecule has 144 valence electrons. The SMILES string of the molecule is O=C(Nc1cccc(O)c1)c1ccc(Cl)c(NS(=O)(=O)c2ccc(F)cc2)c1. The summed E-state index contributed by atoms with van der Waals surface area (Å²) in [5.41, 5.74) is 0.507. The molecule has 0 aliphatic carbocycles. The van der Waals surface area contributed by atoms with Crippen molar-refractivity contribution in [3.63, 3.8) is 0 Å². The number of carbonyl (C=O) groups is 1. The van der Waals surface area contributed by atoms with Crippen molar-refractivity contribution in [1.82, 2.24) is 0 Å². The van der Waals surface area contributed by atoms with Gasteiger partial charge in [-0.1, -0.05) is 17.7 Å². The predicted molar refractivity (Wildman–Crippen MR) is 105 cm³/mol. The zero-order valence-corrected chi connectivity index (χ0v) is 15.8. The average Bonchev–Trinajstić information content (AvgIpc) is 2.63. The Hall–Kier alpha value is -3.10. The minimum Gasteiger partial charge on any atom is -0.508 e. The van der Waals surface area contributed by atoms with Crippen LogP contribution in [0.1, 0.15) is 10.4 Å². The van der Waals surface area contributed by atoms with Gasteiger partial charge in [0.15, 0.2) is 0 Å². The summed E-state index contributed by atoms with van der Waals surface area (Å²) in [6.45, 7) is 0. The standard InChI is InChI=1S/C19H14ClFN2O4S/c20-17-9-4-12(19(25)22-14-2-1-3-15(24)11-14)10-18(17)23-28(26,27)16-7-5-13(21)6-8-16/h1-11,23-24H,(H,22,25). The van der Waals surface area contributed by atoms with Crippen LogP contribution >= 0.6 is 11.6 Å². The molecule has 3 rings (SSSR count). The van der Waals surface area contributed by atoms with Crippen LogP contribution in [0.3, 0.4) is 0 Å². The topological polar surface area (TPSA) is 95.5 Å². The van der Waals surface area contributed by atoms with Gasteiger partial charge in [-0.05, 0) is 54.6 Å². The minimum absolute atomic E-state index is 0.00505. The normalized spacial score (nSPS) is 11.1. The van der Waals surface area contributed by atoms with Gasteiger partial charge >= 0.3 is 0 Å². The van der Waals surface area contributed by atoms with Crippen molar-refractivity contribution in [2.24, 2.45) is 0 Å². The van der Waals surface area contributed by atoms with Gasteiger partial charge in [-0.3, -0.25) is 9.52 Å². The van der Waals surface area contributed by atoms with Crippen molar-refractivity contribution < 1.29 is 22.7 Å². The molecule has 3 N–H and O–H groups in total. The summed E-state index contributed by atoms with van der Waals surface area (Å²) in [4.78, 5) is 12.3. The fourth-order valence-electron chi connectivity index (χ4n) is 2.35. The van der Waals surface area contributed by atoms with E-state index in [2.05, 4.69) is 10.0 Å². The van der Waals surface area contributed by atoms with Crippen LogP contribution in [0.2, 0.25) is 5.02 Å². The highest BCUT2D eigenvalue weighted by atomic mass is 35.5. The third-order valence-electron chi connectivity index (χ3n) is 3.70. The van der Waals surface area contributed by atoms with E-state index >= 15 is 0 Å². The van der Waals surface area contributed by atoms with Gasteiger partial charge in [-0.25, -0.2) is 12.8 Å².